The van der Waals surface area contributed by atoms with Crippen molar-refractivity contribution in [3.63, 3.8) is 0 Å². The van der Waals surface area contributed by atoms with Gasteiger partial charge in [0, 0.05) is 13.0 Å². The Bertz CT molecular complexity index is 466. The maximum Gasteiger partial charge on any atom is 0.189 e. The Morgan fingerprint density at radius 3 is 2.21 bits per heavy atom. The fourth-order valence-corrected chi connectivity index (χ4v) is 1.86. The Labute approximate surface area is 146 Å². The van der Waals surface area contributed by atoms with Gasteiger partial charge in [0.1, 0.15) is 23.6 Å². The van der Waals surface area contributed by atoms with Crippen LogP contribution in [0.5, 0.6) is 5.75 Å². The molecule has 0 bridgehead atoms. The third kappa shape index (κ3) is 8.85. The summed E-state index contributed by atoms with van der Waals surface area (Å²) in [6.45, 7) is 16.5. The summed E-state index contributed by atoms with van der Waals surface area (Å²) in [6, 6.07) is 9.70. The molecular weight excluding hydrogens is 304 g/mol. The Morgan fingerprint density at radius 1 is 1.08 bits per heavy atom. The van der Waals surface area contributed by atoms with E-state index in [1.165, 1.54) is 0 Å². The van der Waals surface area contributed by atoms with E-state index < -0.39 is 5.60 Å². The van der Waals surface area contributed by atoms with Gasteiger partial charge in [0.25, 0.3) is 0 Å². The van der Waals surface area contributed by atoms with E-state index in [1.54, 1.807) is 13.8 Å². The number of carbonyl (C=O) groups is 1. The molecule has 4 heteroatoms. The molecule has 0 radical (unpaired) electrons. The van der Waals surface area contributed by atoms with E-state index in [0.717, 1.165) is 5.75 Å². The van der Waals surface area contributed by atoms with E-state index in [4.69, 9.17) is 14.2 Å². The summed E-state index contributed by atoms with van der Waals surface area (Å²) in [6.07, 6.45) is 0.688. The average molecular weight is 336 g/mol. The quantitative estimate of drug-likeness (QED) is 0.593. The number of benzene rings is 1. The molecule has 0 aliphatic carbocycles. The minimum atomic E-state index is -0.835. The van der Waals surface area contributed by atoms with Crippen molar-refractivity contribution in [2.75, 3.05) is 19.8 Å². The van der Waals surface area contributed by atoms with E-state index in [2.05, 4.69) is 13.2 Å². The van der Waals surface area contributed by atoms with Crippen LogP contribution in [-0.4, -0.2) is 36.8 Å². The zero-order valence-corrected chi connectivity index (χ0v) is 15.8. The predicted octanol–water partition coefficient (Wildman–Crippen LogP) is 4.44. The highest BCUT2D eigenvalue weighted by Crippen LogP contribution is 2.22. The van der Waals surface area contributed by atoms with E-state index >= 15 is 0 Å². The number of carbonyl (C=O) groups excluding carboxylic acids is 1. The van der Waals surface area contributed by atoms with Gasteiger partial charge in [0.15, 0.2) is 5.78 Å². The van der Waals surface area contributed by atoms with Crippen molar-refractivity contribution in [1.82, 2.24) is 0 Å². The molecule has 24 heavy (non-hydrogen) atoms. The van der Waals surface area contributed by atoms with Gasteiger partial charge in [-0.05, 0) is 46.8 Å². The van der Waals surface area contributed by atoms with Gasteiger partial charge in [0.2, 0.25) is 0 Å². The zero-order valence-electron chi connectivity index (χ0n) is 15.8. The SMILES string of the molecule is C=C.CCOCC(=O)C(C)(C)OCCC(C)(C)Oc1ccccc1. The number of hydrogen-bond acceptors (Lipinski definition) is 4. The molecular formula is C20H32O4. The lowest BCUT2D eigenvalue weighted by molar-refractivity contribution is -0.146. The van der Waals surface area contributed by atoms with Crippen LogP contribution in [0.15, 0.2) is 43.5 Å². The topological polar surface area (TPSA) is 44.8 Å². The molecule has 0 heterocycles. The standard InChI is InChI=1S/C18H28O4.C2H4/c1-6-20-14-16(19)18(4,5)21-13-12-17(2,3)22-15-10-8-7-9-11-15;1-2/h7-11H,6,12-14H2,1-5H3;1-2H2. The third-order valence-electron chi connectivity index (χ3n) is 3.41. The molecule has 0 amide bonds. The Balaban J connectivity index is 0.00000254. The van der Waals surface area contributed by atoms with Gasteiger partial charge < -0.3 is 14.2 Å². The Morgan fingerprint density at radius 2 is 1.67 bits per heavy atom. The first kappa shape index (κ1) is 22.4. The van der Waals surface area contributed by atoms with Crippen LogP contribution in [0.2, 0.25) is 0 Å². The van der Waals surface area contributed by atoms with Crippen molar-refractivity contribution in [3.8, 4) is 5.75 Å². The molecule has 0 unspecified atom stereocenters. The van der Waals surface area contributed by atoms with Crippen molar-refractivity contribution in [2.45, 2.75) is 52.2 Å². The Hall–Kier alpha value is -1.65. The van der Waals surface area contributed by atoms with Crippen LogP contribution in [0.4, 0.5) is 0 Å². The van der Waals surface area contributed by atoms with E-state index in [1.807, 2.05) is 51.1 Å². The largest absolute Gasteiger partial charge is 0.488 e. The first-order valence-electron chi connectivity index (χ1n) is 8.26. The number of Topliss-reactive ketones (excluding diaryl/α,β-unsaturated/α-hetero) is 1. The van der Waals surface area contributed by atoms with Crippen LogP contribution in [0.1, 0.15) is 41.0 Å². The van der Waals surface area contributed by atoms with Crippen LogP contribution in [0, 0.1) is 0 Å². The molecule has 0 saturated heterocycles. The minimum absolute atomic E-state index is 0.0452. The van der Waals surface area contributed by atoms with Gasteiger partial charge in [0.05, 0.1) is 6.61 Å². The summed E-state index contributed by atoms with van der Waals surface area (Å²) in [5.41, 5.74) is -1.20. The van der Waals surface area contributed by atoms with Crippen molar-refractivity contribution in [1.29, 1.82) is 0 Å². The second kappa shape index (κ2) is 11.0. The van der Waals surface area contributed by atoms with Crippen molar-refractivity contribution < 1.29 is 19.0 Å². The molecule has 0 aliphatic rings. The molecule has 1 aromatic rings. The molecule has 0 atom stereocenters. The highest BCUT2D eigenvalue weighted by Gasteiger charge is 2.29. The van der Waals surface area contributed by atoms with E-state index in [9.17, 15) is 4.79 Å². The molecule has 1 rings (SSSR count). The number of ketones is 1. The lowest BCUT2D eigenvalue weighted by atomic mass is 10.0. The summed E-state index contributed by atoms with van der Waals surface area (Å²) < 4.78 is 16.9. The van der Waals surface area contributed by atoms with Crippen LogP contribution in [0.3, 0.4) is 0 Å². The summed E-state index contributed by atoms with van der Waals surface area (Å²) in [4.78, 5) is 12.0. The average Bonchev–Trinajstić information content (AvgIpc) is 2.54. The molecule has 4 nitrogen and oxygen atoms in total. The monoisotopic (exact) mass is 336 g/mol. The van der Waals surface area contributed by atoms with E-state index in [0.29, 0.717) is 19.6 Å². The smallest absolute Gasteiger partial charge is 0.189 e. The predicted molar refractivity (Wildman–Crippen MR) is 98.6 cm³/mol. The van der Waals surface area contributed by atoms with Crippen LogP contribution in [-0.2, 0) is 14.3 Å². The molecule has 0 aliphatic heterocycles. The summed E-state index contributed by atoms with van der Waals surface area (Å²) in [5, 5.41) is 0. The summed E-state index contributed by atoms with van der Waals surface area (Å²) in [5.74, 6) is 0.787. The van der Waals surface area contributed by atoms with Gasteiger partial charge >= 0.3 is 0 Å². The zero-order chi connectivity index (χ0) is 18.6. The van der Waals surface area contributed by atoms with Gasteiger partial charge in [-0.1, -0.05) is 18.2 Å². The Kier molecular flexibility index (Phi) is 10.2. The lowest BCUT2D eigenvalue weighted by Crippen LogP contribution is -2.40. The fraction of sp³-hybridized carbons (Fsp3) is 0.550. The molecule has 0 spiro atoms. The van der Waals surface area contributed by atoms with Crippen LogP contribution in [0.25, 0.3) is 0 Å². The number of rotatable bonds is 10. The van der Waals surface area contributed by atoms with Crippen LogP contribution < -0.4 is 4.74 Å². The number of para-hydroxylation sites is 1. The second-order valence-electron chi connectivity index (χ2n) is 6.34. The van der Waals surface area contributed by atoms with Crippen LogP contribution >= 0.6 is 0 Å². The van der Waals surface area contributed by atoms with E-state index in [-0.39, 0.29) is 18.0 Å². The minimum Gasteiger partial charge on any atom is -0.488 e. The highest BCUT2D eigenvalue weighted by atomic mass is 16.5. The van der Waals surface area contributed by atoms with Crippen molar-refractivity contribution in [2.24, 2.45) is 0 Å². The lowest BCUT2D eigenvalue weighted by Gasteiger charge is -2.29. The maximum absolute atomic E-state index is 12.0. The fourth-order valence-electron chi connectivity index (χ4n) is 1.86. The van der Waals surface area contributed by atoms with Gasteiger partial charge in [-0.3, -0.25) is 4.79 Å². The number of ether oxygens (including phenoxy) is 3. The van der Waals surface area contributed by atoms with Gasteiger partial charge in [-0.25, -0.2) is 0 Å². The first-order chi connectivity index (χ1) is 11.3. The van der Waals surface area contributed by atoms with Gasteiger partial charge in [-0.15, -0.1) is 13.2 Å². The van der Waals surface area contributed by atoms with Gasteiger partial charge in [-0.2, -0.15) is 0 Å². The normalized spacial score (nSPS) is 11.4. The van der Waals surface area contributed by atoms with Crippen molar-refractivity contribution in [3.05, 3.63) is 43.5 Å². The molecule has 0 N–H and O–H groups in total. The molecule has 136 valence electrons. The molecule has 0 fully saturated rings. The number of hydrogen-bond donors (Lipinski definition) is 0. The first-order valence-corrected chi connectivity index (χ1v) is 8.26. The summed E-state index contributed by atoms with van der Waals surface area (Å²) in [7, 11) is 0. The highest BCUT2D eigenvalue weighted by molar-refractivity contribution is 5.87. The molecule has 1 aromatic carbocycles. The molecule has 0 saturated carbocycles. The van der Waals surface area contributed by atoms with Crippen molar-refractivity contribution >= 4 is 5.78 Å². The third-order valence-corrected chi connectivity index (χ3v) is 3.41. The maximum atomic E-state index is 12.0. The molecule has 0 aromatic heterocycles. The second-order valence-corrected chi connectivity index (χ2v) is 6.34. The summed E-state index contributed by atoms with van der Waals surface area (Å²) >= 11 is 0.